The number of carbonyl (C=O) groups excluding carboxylic acids is 1. The molecule has 1 N–H and O–H groups in total. The van der Waals surface area contributed by atoms with Gasteiger partial charge in [-0.3, -0.25) is 14.5 Å². The molecule has 7 heteroatoms. The van der Waals surface area contributed by atoms with Crippen molar-refractivity contribution in [1.82, 2.24) is 9.78 Å². The number of aromatic nitrogens is 2. The Bertz CT molecular complexity index is 737. The molecule has 1 fully saturated rings. The van der Waals surface area contributed by atoms with Gasteiger partial charge in [-0.1, -0.05) is 19.8 Å². The van der Waals surface area contributed by atoms with E-state index in [2.05, 4.69) is 34.5 Å². The van der Waals surface area contributed by atoms with E-state index in [1.165, 1.54) is 12.1 Å². The summed E-state index contributed by atoms with van der Waals surface area (Å²) in [6.07, 6.45) is 8.80. The summed E-state index contributed by atoms with van der Waals surface area (Å²) in [5.74, 6) is 0.397. The minimum Gasteiger partial charge on any atom is -0.505 e. The average molecular weight is 373 g/mol. The van der Waals surface area contributed by atoms with Crippen LogP contribution in [0.5, 0.6) is 0 Å². The molecule has 7 nitrogen and oxygen atoms in total. The molecule has 1 aliphatic heterocycles. The van der Waals surface area contributed by atoms with Crippen LogP contribution < -0.4 is 0 Å². The molecule has 0 saturated heterocycles. The molecule has 146 valence electrons. The third-order valence-corrected chi connectivity index (χ3v) is 5.47. The highest BCUT2D eigenvalue weighted by Gasteiger charge is 2.32. The standard InChI is InChI=1S/C20H27N3O4/c1-3-15-13-27-20(17(11-24)19(25)10-21-2)26-12-14-6-4-5-7-16(14)18-8-9-22-23(15)18/h8-11,14-16,25H,2-7,12-13H2,1H3/b19-10+,20-17-. The highest BCUT2D eigenvalue weighted by molar-refractivity contribution is 5.79. The predicted molar refractivity (Wildman–Crippen MR) is 102 cm³/mol. The van der Waals surface area contributed by atoms with Crippen LogP contribution in [0.15, 0.2) is 40.7 Å². The highest BCUT2D eigenvalue weighted by Crippen LogP contribution is 2.40. The number of fused-ring (bicyclic) bond motifs is 3. The van der Waals surface area contributed by atoms with Gasteiger partial charge in [0.15, 0.2) is 12.0 Å². The number of allylic oxidation sites excluding steroid dienone is 1. The number of hydrogen-bond donors (Lipinski definition) is 1. The Balaban J connectivity index is 2.00. The maximum atomic E-state index is 11.6. The zero-order valence-electron chi connectivity index (χ0n) is 15.7. The predicted octanol–water partition coefficient (Wildman–Crippen LogP) is 3.67. The van der Waals surface area contributed by atoms with E-state index >= 15 is 0 Å². The van der Waals surface area contributed by atoms with E-state index in [4.69, 9.17) is 9.47 Å². The van der Waals surface area contributed by atoms with Crippen LogP contribution in [0.4, 0.5) is 0 Å². The van der Waals surface area contributed by atoms with Gasteiger partial charge < -0.3 is 14.6 Å². The van der Waals surface area contributed by atoms with E-state index in [0.717, 1.165) is 31.9 Å². The molecule has 3 atom stereocenters. The second-order valence-corrected chi connectivity index (χ2v) is 7.05. The topological polar surface area (TPSA) is 85.9 Å². The van der Waals surface area contributed by atoms with E-state index in [1.807, 2.05) is 6.20 Å². The Labute approximate surface area is 159 Å². The lowest BCUT2D eigenvalue weighted by atomic mass is 9.77. The van der Waals surface area contributed by atoms with Crippen molar-refractivity contribution in [2.75, 3.05) is 13.2 Å². The van der Waals surface area contributed by atoms with Crippen LogP contribution >= 0.6 is 0 Å². The molecule has 0 aromatic carbocycles. The Morgan fingerprint density at radius 3 is 2.93 bits per heavy atom. The van der Waals surface area contributed by atoms with Crippen LogP contribution in [0.2, 0.25) is 0 Å². The van der Waals surface area contributed by atoms with Crippen molar-refractivity contribution in [2.45, 2.75) is 51.0 Å². The second kappa shape index (κ2) is 8.88. The van der Waals surface area contributed by atoms with Crippen molar-refractivity contribution in [3.63, 3.8) is 0 Å². The van der Waals surface area contributed by atoms with Crippen molar-refractivity contribution in [3.8, 4) is 0 Å². The fraction of sp³-hybridized carbons (Fsp3) is 0.550. The number of ether oxygens (including phenoxy) is 2. The molecule has 2 heterocycles. The summed E-state index contributed by atoms with van der Waals surface area (Å²) < 4.78 is 13.8. The molecule has 2 aliphatic rings. The molecule has 0 amide bonds. The minimum atomic E-state index is -0.319. The number of rotatable bonds is 4. The maximum absolute atomic E-state index is 11.6. The van der Waals surface area contributed by atoms with Crippen LogP contribution in [0.25, 0.3) is 0 Å². The third-order valence-electron chi connectivity index (χ3n) is 5.47. The van der Waals surface area contributed by atoms with Gasteiger partial charge in [-0.25, -0.2) is 0 Å². The lowest BCUT2D eigenvalue weighted by Gasteiger charge is -2.34. The summed E-state index contributed by atoms with van der Waals surface area (Å²) in [4.78, 5) is 15.1. The van der Waals surface area contributed by atoms with Crippen molar-refractivity contribution >= 4 is 13.0 Å². The van der Waals surface area contributed by atoms with Crippen molar-refractivity contribution < 1.29 is 19.4 Å². The van der Waals surface area contributed by atoms with Gasteiger partial charge in [-0.05, 0) is 32.0 Å². The Hall–Kier alpha value is -2.57. The van der Waals surface area contributed by atoms with E-state index in [-0.39, 0.29) is 23.3 Å². The normalized spacial score (nSPS) is 28.0. The van der Waals surface area contributed by atoms with Crippen molar-refractivity contribution in [1.29, 1.82) is 0 Å². The minimum absolute atomic E-state index is 0.0193. The number of aliphatic imine (C=N–C) groups is 1. The molecule has 1 aromatic heterocycles. The van der Waals surface area contributed by atoms with Gasteiger partial charge in [0.1, 0.15) is 12.2 Å². The first-order valence-corrected chi connectivity index (χ1v) is 9.53. The molecule has 3 rings (SSSR count). The average Bonchev–Trinajstić information content (AvgIpc) is 3.16. The third kappa shape index (κ3) is 4.07. The maximum Gasteiger partial charge on any atom is 0.294 e. The first kappa shape index (κ1) is 19.2. The van der Waals surface area contributed by atoms with Crippen molar-refractivity contribution in [3.05, 3.63) is 41.4 Å². The fourth-order valence-electron chi connectivity index (χ4n) is 4.00. The zero-order valence-corrected chi connectivity index (χ0v) is 15.7. The summed E-state index contributed by atoms with van der Waals surface area (Å²) in [6.45, 7) is 6.10. The van der Waals surface area contributed by atoms with E-state index in [9.17, 15) is 9.90 Å². The van der Waals surface area contributed by atoms with Crippen molar-refractivity contribution in [2.24, 2.45) is 10.9 Å². The van der Waals surface area contributed by atoms with Crippen LogP contribution in [0.1, 0.15) is 56.7 Å². The van der Waals surface area contributed by atoms with E-state index in [0.29, 0.717) is 31.3 Å². The smallest absolute Gasteiger partial charge is 0.294 e. The number of aliphatic hydroxyl groups excluding tert-OH is 1. The largest absolute Gasteiger partial charge is 0.505 e. The van der Waals surface area contributed by atoms with Gasteiger partial charge in [-0.15, -0.1) is 0 Å². The summed E-state index contributed by atoms with van der Waals surface area (Å²) in [5, 5.41) is 14.6. The zero-order chi connectivity index (χ0) is 19.2. The Kier molecular flexibility index (Phi) is 6.32. The lowest BCUT2D eigenvalue weighted by molar-refractivity contribution is -0.105. The Morgan fingerprint density at radius 1 is 1.41 bits per heavy atom. The SMILES string of the molecule is C=N/C=C(O)\C(C=O)=C1\OCC2CCCCC2c2ccnn2C(CC)CO1. The molecule has 0 bridgehead atoms. The molecular weight excluding hydrogens is 346 g/mol. The summed E-state index contributed by atoms with van der Waals surface area (Å²) in [6, 6.07) is 2.12. The molecule has 0 spiro atoms. The Morgan fingerprint density at radius 2 is 2.19 bits per heavy atom. The summed E-state index contributed by atoms with van der Waals surface area (Å²) >= 11 is 0. The molecule has 1 aromatic rings. The molecular formula is C20H27N3O4. The van der Waals surface area contributed by atoms with E-state index < -0.39 is 0 Å². The number of aliphatic hydroxyl groups is 1. The second-order valence-electron chi connectivity index (χ2n) is 7.05. The molecule has 0 radical (unpaired) electrons. The van der Waals surface area contributed by atoms with Gasteiger partial charge in [0.25, 0.3) is 5.95 Å². The molecule has 1 saturated carbocycles. The van der Waals surface area contributed by atoms with Gasteiger partial charge in [0.2, 0.25) is 0 Å². The van der Waals surface area contributed by atoms with Crippen LogP contribution in [0.3, 0.4) is 0 Å². The first-order valence-electron chi connectivity index (χ1n) is 9.53. The molecule has 1 aliphatic carbocycles. The van der Waals surface area contributed by atoms with Crippen LogP contribution in [-0.4, -0.2) is 41.1 Å². The number of carbonyl (C=O) groups is 1. The number of hydrogen-bond acceptors (Lipinski definition) is 6. The highest BCUT2D eigenvalue weighted by atomic mass is 16.7. The lowest BCUT2D eigenvalue weighted by Crippen LogP contribution is -2.29. The number of aldehydes is 1. The first-order chi connectivity index (χ1) is 13.2. The van der Waals surface area contributed by atoms with Gasteiger partial charge in [0.05, 0.1) is 18.8 Å². The monoisotopic (exact) mass is 373 g/mol. The fourth-order valence-corrected chi connectivity index (χ4v) is 4.00. The van der Waals surface area contributed by atoms with Crippen LogP contribution in [0, 0.1) is 5.92 Å². The quantitative estimate of drug-likeness (QED) is 0.377. The summed E-state index contributed by atoms with van der Waals surface area (Å²) in [5.41, 5.74) is 1.19. The van der Waals surface area contributed by atoms with Gasteiger partial charge in [0, 0.05) is 23.7 Å². The van der Waals surface area contributed by atoms with E-state index in [1.54, 1.807) is 0 Å². The molecule has 3 unspecified atom stereocenters. The van der Waals surface area contributed by atoms with Gasteiger partial charge in [-0.2, -0.15) is 5.10 Å². The van der Waals surface area contributed by atoms with Gasteiger partial charge >= 0.3 is 0 Å². The summed E-state index contributed by atoms with van der Waals surface area (Å²) in [7, 11) is 0. The number of nitrogens with zero attached hydrogens (tertiary/aromatic N) is 3. The van der Waals surface area contributed by atoms with Crippen LogP contribution in [-0.2, 0) is 14.3 Å². The molecule has 27 heavy (non-hydrogen) atoms.